The Morgan fingerprint density at radius 3 is 2.80 bits per heavy atom. The molecule has 4 unspecified atom stereocenters. The van der Waals surface area contributed by atoms with Crippen LogP contribution in [0.5, 0.6) is 0 Å². The monoisotopic (exact) mass is 342 g/mol. The zero-order chi connectivity index (χ0) is 17.3. The van der Waals surface area contributed by atoms with Gasteiger partial charge in [0.15, 0.2) is 6.23 Å². The Bertz CT molecular complexity index is 771. The van der Waals surface area contributed by atoms with Gasteiger partial charge in [0.2, 0.25) is 0 Å². The van der Waals surface area contributed by atoms with Gasteiger partial charge in [0.05, 0.1) is 23.6 Å². The predicted molar refractivity (Wildman–Crippen MR) is 93.5 cm³/mol. The molecule has 0 radical (unpaired) electrons. The normalized spacial score (nSPS) is 57.1. The van der Waals surface area contributed by atoms with Crippen LogP contribution in [0.15, 0.2) is 24.3 Å². The summed E-state index contributed by atoms with van der Waals surface area (Å²) in [6, 6.07) is 8.08. The molecule has 5 heteroatoms. The summed E-state index contributed by atoms with van der Waals surface area (Å²) in [7, 11) is 2.07. The van der Waals surface area contributed by atoms with Gasteiger partial charge in [-0.15, -0.1) is 0 Å². The van der Waals surface area contributed by atoms with Gasteiger partial charge >= 0.3 is 0 Å². The van der Waals surface area contributed by atoms with Crippen LogP contribution in [0.2, 0.25) is 0 Å². The van der Waals surface area contributed by atoms with Crippen LogP contribution >= 0.6 is 0 Å². The second-order valence-electron chi connectivity index (χ2n) is 9.12. The van der Waals surface area contributed by atoms with Crippen molar-refractivity contribution >= 4 is 5.69 Å². The number of hydroxylamine groups is 3. The molecule has 1 aromatic rings. The first kappa shape index (κ1) is 15.0. The Balaban J connectivity index is 1.63. The van der Waals surface area contributed by atoms with Gasteiger partial charge in [0.25, 0.3) is 0 Å². The lowest BCUT2D eigenvalue weighted by molar-refractivity contribution is -1.00. The number of rotatable bonds is 1. The predicted octanol–water partition coefficient (Wildman–Crippen LogP) is 1.57. The fraction of sp³-hybridized carbons (Fsp3) is 0.700. The van der Waals surface area contributed by atoms with E-state index in [0.717, 1.165) is 24.9 Å². The molecule has 25 heavy (non-hydrogen) atoms. The van der Waals surface area contributed by atoms with E-state index >= 15 is 0 Å². The summed E-state index contributed by atoms with van der Waals surface area (Å²) in [4.78, 5) is 2.24. The molecular weight excluding hydrogens is 316 g/mol. The number of aliphatic hydroxyl groups excluding tert-OH is 2. The minimum absolute atomic E-state index is 0.00361. The summed E-state index contributed by atoms with van der Waals surface area (Å²) in [5, 5.41) is 36.8. The highest BCUT2D eigenvalue weighted by Gasteiger charge is 2.81. The number of aliphatic hydroxyl groups is 2. The summed E-state index contributed by atoms with van der Waals surface area (Å²) >= 11 is 0. The van der Waals surface area contributed by atoms with Crippen LogP contribution in [0.1, 0.15) is 31.7 Å². The lowest BCUT2D eigenvalue weighted by atomic mass is 9.62. The largest absolute Gasteiger partial charge is 0.630 e. The van der Waals surface area contributed by atoms with Gasteiger partial charge in [-0.3, -0.25) is 0 Å². The van der Waals surface area contributed by atoms with Crippen LogP contribution in [0.25, 0.3) is 0 Å². The maximum absolute atomic E-state index is 14.1. The van der Waals surface area contributed by atoms with Crippen LogP contribution in [0, 0.1) is 23.0 Å². The number of fused-ring (bicyclic) bond motifs is 2. The molecule has 6 aliphatic rings. The van der Waals surface area contributed by atoms with Crippen molar-refractivity contribution in [1.82, 2.24) is 0 Å². The van der Waals surface area contributed by atoms with E-state index in [9.17, 15) is 15.4 Å². The zero-order valence-corrected chi connectivity index (χ0v) is 14.7. The summed E-state index contributed by atoms with van der Waals surface area (Å²) < 4.78 is -0.471. The molecule has 5 nitrogen and oxygen atoms in total. The molecule has 1 aromatic carbocycles. The topological polar surface area (TPSA) is 66.8 Å². The van der Waals surface area contributed by atoms with Gasteiger partial charge in [0.1, 0.15) is 6.04 Å². The van der Waals surface area contributed by atoms with E-state index in [1.54, 1.807) is 0 Å². The molecule has 10 atom stereocenters. The Kier molecular flexibility index (Phi) is 2.53. The number of para-hydroxylation sites is 1. The molecule has 5 heterocycles. The van der Waals surface area contributed by atoms with Gasteiger partial charge in [0, 0.05) is 37.4 Å². The zero-order valence-electron chi connectivity index (χ0n) is 14.7. The van der Waals surface area contributed by atoms with Crippen molar-refractivity contribution in [3.8, 4) is 0 Å². The first-order valence-electron chi connectivity index (χ1n) is 9.75. The average Bonchev–Trinajstić information content (AvgIpc) is 2.99. The second kappa shape index (κ2) is 4.22. The number of anilines is 1. The Morgan fingerprint density at radius 1 is 1.28 bits per heavy atom. The van der Waals surface area contributed by atoms with E-state index in [1.807, 2.05) is 6.07 Å². The van der Waals surface area contributed by atoms with E-state index in [2.05, 4.69) is 37.1 Å². The summed E-state index contributed by atoms with van der Waals surface area (Å²) in [6.07, 6.45) is 1.09. The van der Waals surface area contributed by atoms with E-state index in [4.69, 9.17) is 0 Å². The van der Waals surface area contributed by atoms with Gasteiger partial charge in [-0.05, 0) is 24.0 Å². The number of benzene rings is 1. The quantitative estimate of drug-likeness (QED) is 0.600. The first-order chi connectivity index (χ1) is 12.0. The maximum atomic E-state index is 14.1. The molecule has 0 amide bonds. The average molecular weight is 342 g/mol. The lowest BCUT2D eigenvalue weighted by Gasteiger charge is -2.70. The molecule has 5 fully saturated rings. The van der Waals surface area contributed by atoms with Crippen LogP contribution in [0.3, 0.4) is 0 Å². The van der Waals surface area contributed by atoms with Gasteiger partial charge in [-0.25, -0.2) is 0 Å². The SMILES string of the molecule is CC[C@H]1C2C[C@H]3[C@@H]4N(C)c5ccccc5C45C[C@@H](C2[C@H]5O)[N+]3([O-])[C@@H]1O. The van der Waals surface area contributed by atoms with Crippen LogP contribution in [0.4, 0.5) is 5.69 Å². The molecule has 1 spiro atoms. The van der Waals surface area contributed by atoms with E-state index in [0.29, 0.717) is 0 Å². The van der Waals surface area contributed by atoms with Crippen LogP contribution in [-0.4, -0.2) is 52.4 Å². The van der Waals surface area contributed by atoms with E-state index in [1.165, 1.54) is 5.56 Å². The third-order valence-corrected chi connectivity index (χ3v) is 8.84. The van der Waals surface area contributed by atoms with Crippen molar-refractivity contribution in [3.63, 3.8) is 0 Å². The number of nitrogens with zero attached hydrogens (tertiary/aromatic N) is 2. The van der Waals surface area contributed by atoms with Crippen molar-refractivity contribution in [2.75, 3.05) is 11.9 Å². The summed E-state index contributed by atoms with van der Waals surface area (Å²) in [6.45, 7) is 2.07. The minimum Gasteiger partial charge on any atom is -0.630 e. The Labute approximate surface area is 148 Å². The number of piperidine rings is 4. The molecule has 7 rings (SSSR count). The molecule has 134 valence electrons. The van der Waals surface area contributed by atoms with Crippen molar-refractivity contribution in [3.05, 3.63) is 35.0 Å². The van der Waals surface area contributed by atoms with Crippen LogP contribution < -0.4 is 4.90 Å². The fourth-order valence-electron chi connectivity index (χ4n) is 8.17. The number of hydrogen-bond acceptors (Lipinski definition) is 4. The number of likely N-dealkylation sites (N-methyl/N-ethyl adjacent to an activating group) is 1. The van der Waals surface area contributed by atoms with Gasteiger partial charge < -0.3 is 25.0 Å². The minimum atomic E-state index is -0.824. The van der Waals surface area contributed by atoms with Gasteiger partial charge in [-0.1, -0.05) is 25.1 Å². The smallest absolute Gasteiger partial charge is 0.193 e. The first-order valence-corrected chi connectivity index (χ1v) is 9.75. The standard InChI is InChI=1S/C20H26N2O3/c1-3-10-11-8-14-17-20(12-6-4-5-7-13(12)21(17)2)9-15(16(11)18(20)23)22(14,25)19(10)24/h4-7,10-11,14-19,23-24H,3,8-9H2,1-2H3/t10-,11?,14-,15-,16?,17-,18+,19+,20?,22?/m0/s1. The third-order valence-electron chi connectivity index (χ3n) is 8.84. The van der Waals surface area contributed by atoms with E-state index in [-0.39, 0.29) is 41.3 Å². The van der Waals surface area contributed by atoms with Crippen molar-refractivity contribution in [2.24, 2.45) is 17.8 Å². The van der Waals surface area contributed by atoms with Crippen LogP contribution in [-0.2, 0) is 5.41 Å². The highest BCUT2D eigenvalue weighted by molar-refractivity contribution is 5.66. The maximum Gasteiger partial charge on any atom is 0.193 e. The molecule has 5 bridgehead atoms. The highest BCUT2D eigenvalue weighted by atomic mass is 16.6. The summed E-state index contributed by atoms with van der Waals surface area (Å²) in [5.41, 5.74) is 2.06. The molecule has 5 aliphatic heterocycles. The number of hydrogen-bond donors (Lipinski definition) is 2. The Morgan fingerprint density at radius 2 is 2.04 bits per heavy atom. The van der Waals surface area contributed by atoms with Crippen molar-refractivity contribution in [1.29, 1.82) is 0 Å². The van der Waals surface area contributed by atoms with Crippen molar-refractivity contribution in [2.45, 2.75) is 62.1 Å². The molecule has 1 saturated carbocycles. The molecule has 1 aliphatic carbocycles. The van der Waals surface area contributed by atoms with E-state index < -0.39 is 17.0 Å². The second-order valence-corrected chi connectivity index (χ2v) is 9.12. The summed E-state index contributed by atoms with van der Waals surface area (Å²) in [5.74, 6) is 0.343. The number of quaternary nitrogens is 1. The Hall–Kier alpha value is -1.14. The molecule has 0 aromatic heterocycles. The fourth-order valence-corrected chi connectivity index (χ4v) is 8.17. The molecular formula is C20H26N2O3. The molecule has 2 N–H and O–H groups in total. The van der Waals surface area contributed by atoms with Crippen molar-refractivity contribution < 1.29 is 14.9 Å². The third kappa shape index (κ3) is 1.26. The molecule has 4 saturated heterocycles. The van der Waals surface area contributed by atoms with Gasteiger partial charge in [-0.2, -0.15) is 0 Å². The highest BCUT2D eigenvalue weighted by Crippen LogP contribution is 2.71. The lowest BCUT2D eigenvalue weighted by Crippen LogP contribution is -2.80.